The summed E-state index contributed by atoms with van der Waals surface area (Å²) < 4.78 is 19.1. The number of nitrogens with two attached hydrogens (primary N) is 1. The summed E-state index contributed by atoms with van der Waals surface area (Å²) in [6, 6.07) is 1.40. The highest BCUT2D eigenvalue weighted by atomic mass is 32.2. The molecular formula is C26H30FN5O2S. The third-order valence-electron chi connectivity index (χ3n) is 5.74. The summed E-state index contributed by atoms with van der Waals surface area (Å²) in [5.74, 6) is 6.53. The maximum atomic E-state index is 13.9. The SMILES string of the molecule is CCOC(=O)[C@@H](C)[C@H](C)Cc1nc(-c2c[nH]c3ncc(F)cc23)ncc1/C(C#CCCSC)=C\N. The maximum Gasteiger partial charge on any atom is 0.308 e. The molecule has 0 saturated carbocycles. The number of carbonyl (C=O) groups excluding carboxylic acids is 1. The molecule has 0 aromatic carbocycles. The molecular weight excluding hydrogens is 465 g/mol. The summed E-state index contributed by atoms with van der Waals surface area (Å²) >= 11 is 1.72. The molecule has 3 aromatic heterocycles. The van der Waals surface area contributed by atoms with E-state index in [0.717, 1.165) is 18.4 Å². The zero-order valence-electron chi connectivity index (χ0n) is 20.4. The Kier molecular flexibility index (Phi) is 9.26. The number of thioether (sulfide) groups is 1. The summed E-state index contributed by atoms with van der Waals surface area (Å²) in [6.07, 6.45) is 9.25. The minimum atomic E-state index is -0.444. The van der Waals surface area contributed by atoms with Gasteiger partial charge in [0.2, 0.25) is 0 Å². The normalized spacial score (nSPS) is 13.2. The fraction of sp³-hybridized carbons (Fsp3) is 0.385. The number of aromatic amines is 1. The van der Waals surface area contributed by atoms with Gasteiger partial charge in [-0.25, -0.2) is 19.3 Å². The van der Waals surface area contributed by atoms with Gasteiger partial charge in [0, 0.05) is 47.3 Å². The summed E-state index contributed by atoms with van der Waals surface area (Å²) in [4.78, 5) is 28.8. The number of nitrogens with zero attached hydrogens (tertiary/aromatic N) is 3. The Morgan fingerprint density at radius 2 is 2.14 bits per heavy atom. The van der Waals surface area contributed by atoms with Gasteiger partial charge < -0.3 is 15.5 Å². The van der Waals surface area contributed by atoms with Gasteiger partial charge in [-0.05, 0) is 31.6 Å². The second-order valence-corrected chi connectivity index (χ2v) is 9.14. The van der Waals surface area contributed by atoms with E-state index in [2.05, 4.69) is 26.8 Å². The van der Waals surface area contributed by atoms with E-state index >= 15 is 0 Å². The Hall–Kier alpha value is -3.38. The molecule has 3 N–H and O–H groups in total. The number of ether oxygens (including phenoxy) is 1. The largest absolute Gasteiger partial charge is 0.466 e. The Bertz CT molecular complexity index is 1280. The van der Waals surface area contributed by atoms with Crippen molar-refractivity contribution in [1.82, 2.24) is 19.9 Å². The number of carbonyl (C=O) groups is 1. The number of halogens is 1. The van der Waals surface area contributed by atoms with Gasteiger partial charge in [-0.3, -0.25) is 4.79 Å². The molecule has 0 saturated heterocycles. The molecule has 0 aliphatic heterocycles. The van der Waals surface area contributed by atoms with Gasteiger partial charge in [0.25, 0.3) is 0 Å². The number of fused-ring (bicyclic) bond motifs is 1. The number of allylic oxidation sites excluding steroid dienone is 1. The number of H-pyrrole nitrogens is 1. The second kappa shape index (κ2) is 12.4. The third kappa shape index (κ3) is 6.40. The fourth-order valence-corrected chi connectivity index (χ4v) is 3.89. The van der Waals surface area contributed by atoms with Crippen molar-refractivity contribution in [3.8, 4) is 23.2 Å². The van der Waals surface area contributed by atoms with E-state index < -0.39 is 5.82 Å². The minimum Gasteiger partial charge on any atom is -0.466 e. The van der Waals surface area contributed by atoms with Crippen molar-refractivity contribution < 1.29 is 13.9 Å². The van der Waals surface area contributed by atoms with E-state index in [1.807, 2.05) is 20.1 Å². The number of aromatic nitrogens is 4. The molecule has 0 radical (unpaired) electrons. The lowest BCUT2D eigenvalue weighted by molar-refractivity contribution is -0.149. The van der Waals surface area contributed by atoms with Crippen LogP contribution in [0.4, 0.5) is 4.39 Å². The van der Waals surface area contributed by atoms with Crippen LogP contribution >= 0.6 is 11.8 Å². The highest BCUT2D eigenvalue weighted by Gasteiger charge is 2.24. The van der Waals surface area contributed by atoms with Crippen LogP contribution in [0.2, 0.25) is 0 Å². The lowest BCUT2D eigenvalue weighted by Crippen LogP contribution is -2.23. The quantitative estimate of drug-likeness (QED) is 0.254. The molecule has 2 atom stereocenters. The first-order valence-corrected chi connectivity index (χ1v) is 12.8. The van der Waals surface area contributed by atoms with E-state index in [1.54, 1.807) is 31.1 Å². The standard InChI is InChI=1S/C26H30FN5O2S/c1-5-34-26(33)17(3)16(2)10-23-21(18(12-28)8-6-7-9-35-4)14-31-25(32-23)22-15-30-24-20(22)11-19(27)13-29-24/h11-17H,5,7,9-10,28H2,1-4H3,(H,29,30)/b18-12-/t16-,17+/m1/s1. The first kappa shape index (κ1) is 26.2. The first-order valence-electron chi connectivity index (χ1n) is 11.4. The van der Waals surface area contributed by atoms with Crippen molar-refractivity contribution in [2.24, 2.45) is 17.6 Å². The van der Waals surface area contributed by atoms with Crippen molar-refractivity contribution in [2.45, 2.75) is 33.6 Å². The van der Waals surface area contributed by atoms with Gasteiger partial charge >= 0.3 is 5.97 Å². The van der Waals surface area contributed by atoms with Crippen LogP contribution in [0.5, 0.6) is 0 Å². The summed E-state index contributed by atoms with van der Waals surface area (Å²) in [5, 5.41) is 0.586. The topological polar surface area (TPSA) is 107 Å². The van der Waals surface area contributed by atoms with Crippen LogP contribution in [0.25, 0.3) is 28.0 Å². The van der Waals surface area contributed by atoms with Crippen molar-refractivity contribution in [3.05, 3.63) is 47.9 Å². The molecule has 0 fully saturated rings. The molecule has 3 heterocycles. The molecule has 35 heavy (non-hydrogen) atoms. The van der Waals surface area contributed by atoms with Crippen molar-refractivity contribution in [1.29, 1.82) is 0 Å². The Morgan fingerprint density at radius 3 is 2.86 bits per heavy atom. The van der Waals surface area contributed by atoms with Gasteiger partial charge in [-0.1, -0.05) is 25.7 Å². The van der Waals surface area contributed by atoms with E-state index in [9.17, 15) is 9.18 Å². The van der Waals surface area contributed by atoms with Crippen LogP contribution < -0.4 is 5.73 Å². The highest BCUT2D eigenvalue weighted by molar-refractivity contribution is 7.98. The molecule has 3 aromatic rings. The molecule has 0 aliphatic rings. The van der Waals surface area contributed by atoms with Gasteiger partial charge in [-0.2, -0.15) is 11.8 Å². The van der Waals surface area contributed by atoms with Crippen LogP contribution in [-0.2, 0) is 16.0 Å². The highest BCUT2D eigenvalue weighted by Crippen LogP contribution is 2.29. The Morgan fingerprint density at radius 1 is 1.34 bits per heavy atom. The number of nitrogens with one attached hydrogen (secondary N) is 1. The first-order chi connectivity index (χ1) is 16.9. The maximum absolute atomic E-state index is 13.9. The van der Waals surface area contributed by atoms with Gasteiger partial charge in [0.1, 0.15) is 11.5 Å². The van der Waals surface area contributed by atoms with Crippen LogP contribution in [0, 0.1) is 29.5 Å². The number of rotatable bonds is 9. The number of hydrogen-bond acceptors (Lipinski definition) is 7. The summed E-state index contributed by atoms with van der Waals surface area (Å²) in [7, 11) is 0. The molecule has 9 heteroatoms. The van der Waals surface area contributed by atoms with Crippen LogP contribution in [0.15, 0.2) is 30.9 Å². The van der Waals surface area contributed by atoms with Gasteiger partial charge in [0.15, 0.2) is 5.82 Å². The van der Waals surface area contributed by atoms with E-state index in [1.165, 1.54) is 12.3 Å². The smallest absolute Gasteiger partial charge is 0.308 e. The van der Waals surface area contributed by atoms with Crippen molar-refractivity contribution in [3.63, 3.8) is 0 Å². The average molecular weight is 496 g/mol. The molecule has 3 rings (SSSR count). The second-order valence-electron chi connectivity index (χ2n) is 8.15. The third-order valence-corrected chi connectivity index (χ3v) is 6.36. The molecule has 0 unspecified atom stereocenters. The number of pyridine rings is 1. The van der Waals surface area contributed by atoms with Crippen LogP contribution in [-0.4, -0.2) is 44.5 Å². The molecule has 0 amide bonds. The predicted octanol–water partition coefficient (Wildman–Crippen LogP) is 4.59. The summed E-state index contributed by atoms with van der Waals surface area (Å²) in [5.41, 5.74) is 9.15. The lowest BCUT2D eigenvalue weighted by Gasteiger charge is -2.19. The van der Waals surface area contributed by atoms with E-state index in [0.29, 0.717) is 52.3 Å². The zero-order valence-corrected chi connectivity index (χ0v) is 21.2. The monoisotopic (exact) mass is 495 g/mol. The molecule has 0 bridgehead atoms. The van der Waals surface area contributed by atoms with Crippen LogP contribution in [0.1, 0.15) is 38.4 Å². The van der Waals surface area contributed by atoms with E-state index in [-0.39, 0.29) is 17.8 Å². The van der Waals surface area contributed by atoms with Crippen molar-refractivity contribution in [2.75, 3.05) is 18.6 Å². The predicted molar refractivity (Wildman–Crippen MR) is 139 cm³/mol. The number of hydrogen-bond donors (Lipinski definition) is 2. The van der Waals surface area contributed by atoms with E-state index in [4.69, 9.17) is 15.5 Å². The molecule has 184 valence electrons. The zero-order chi connectivity index (χ0) is 25.4. The Labute approximate surface area is 209 Å². The van der Waals surface area contributed by atoms with Gasteiger partial charge in [-0.15, -0.1) is 0 Å². The van der Waals surface area contributed by atoms with Gasteiger partial charge in [0.05, 0.1) is 30.0 Å². The average Bonchev–Trinajstić information content (AvgIpc) is 3.27. The molecule has 0 spiro atoms. The molecule has 0 aliphatic carbocycles. The minimum absolute atomic E-state index is 0.0684. The lowest BCUT2D eigenvalue weighted by atomic mass is 9.89. The van der Waals surface area contributed by atoms with Crippen LogP contribution in [0.3, 0.4) is 0 Å². The molecule has 7 nitrogen and oxygen atoms in total. The summed E-state index contributed by atoms with van der Waals surface area (Å²) in [6.45, 7) is 5.95. The van der Waals surface area contributed by atoms with Crippen molar-refractivity contribution >= 4 is 34.3 Å². The Balaban J connectivity index is 2.05. The number of esters is 1. The fourth-order valence-electron chi connectivity index (χ4n) is 3.59.